The van der Waals surface area contributed by atoms with Crippen molar-refractivity contribution < 1.29 is 0 Å². The molecule has 0 unspecified atom stereocenters. The second-order valence-electron chi connectivity index (χ2n) is 8.77. The van der Waals surface area contributed by atoms with Gasteiger partial charge >= 0.3 is 0 Å². The van der Waals surface area contributed by atoms with Crippen LogP contribution in [0.15, 0.2) is 85.2 Å². The van der Waals surface area contributed by atoms with Crippen molar-refractivity contribution in [1.82, 2.24) is 9.97 Å². The van der Waals surface area contributed by atoms with Crippen molar-refractivity contribution in [3.05, 3.63) is 96.3 Å². The molecule has 1 saturated heterocycles. The Balaban J connectivity index is 1.36. The zero-order valence-electron chi connectivity index (χ0n) is 20.2. The molecule has 1 aliphatic rings. The summed E-state index contributed by atoms with van der Waals surface area (Å²) >= 11 is 0. The van der Waals surface area contributed by atoms with Crippen molar-refractivity contribution in [3.8, 4) is 0 Å². The van der Waals surface area contributed by atoms with E-state index in [4.69, 9.17) is 5.73 Å². The molecule has 0 atom stereocenters. The maximum atomic E-state index is 6.64. The molecule has 1 fully saturated rings. The molecule has 3 N–H and O–H groups in total. The van der Waals surface area contributed by atoms with Gasteiger partial charge in [0.1, 0.15) is 12.0 Å². The minimum Gasteiger partial charge on any atom is -0.393 e. The molecule has 0 aliphatic carbocycles. The van der Waals surface area contributed by atoms with Gasteiger partial charge in [0.2, 0.25) is 0 Å². The van der Waals surface area contributed by atoms with Crippen LogP contribution in [0.3, 0.4) is 0 Å². The number of piperazine rings is 1. The van der Waals surface area contributed by atoms with Crippen LogP contribution >= 0.6 is 0 Å². The second-order valence-corrected chi connectivity index (χ2v) is 8.77. The van der Waals surface area contributed by atoms with Gasteiger partial charge in [0, 0.05) is 31.9 Å². The van der Waals surface area contributed by atoms with Gasteiger partial charge in [-0.25, -0.2) is 9.97 Å². The molecule has 0 saturated carbocycles. The molecule has 7 nitrogen and oxygen atoms in total. The normalized spacial score (nSPS) is 13.5. The predicted molar refractivity (Wildman–Crippen MR) is 145 cm³/mol. The Labute approximate surface area is 206 Å². The molecular formula is C28H31N7. The smallest absolute Gasteiger partial charge is 0.173 e. The topological polar surface area (TPSA) is 73.6 Å². The molecule has 178 valence electrons. The number of nitrogens with one attached hydrogen (secondary N) is 1. The molecule has 2 heterocycles. The lowest BCUT2D eigenvalue weighted by atomic mass is 10.1. The molecule has 0 bridgehead atoms. The van der Waals surface area contributed by atoms with Crippen molar-refractivity contribution in [2.24, 2.45) is 0 Å². The van der Waals surface area contributed by atoms with E-state index in [2.05, 4.69) is 57.2 Å². The number of rotatable bonds is 6. The second kappa shape index (κ2) is 9.93. The standard InChI is InChI=1S/C28H31N7/c1-21-10-9-15-25(22(21)2)33-16-18-34(19-17-33)28-26(29)27(30-20-31-28)32-35(23-11-5-3-6-12-23)24-13-7-4-8-14-24/h3-15,20H,16-19,29H2,1-2H3,(H,30,31,32). The van der Waals surface area contributed by atoms with Gasteiger partial charge in [0.15, 0.2) is 11.6 Å². The fourth-order valence-corrected chi connectivity index (χ4v) is 4.50. The Morgan fingerprint density at radius 2 is 1.34 bits per heavy atom. The number of anilines is 6. The van der Waals surface area contributed by atoms with Gasteiger partial charge in [0.25, 0.3) is 0 Å². The fourth-order valence-electron chi connectivity index (χ4n) is 4.50. The Bertz CT molecular complexity index is 1230. The third-order valence-electron chi connectivity index (χ3n) is 6.61. The Kier molecular flexibility index (Phi) is 6.39. The largest absolute Gasteiger partial charge is 0.393 e. The van der Waals surface area contributed by atoms with E-state index in [1.165, 1.54) is 16.8 Å². The minimum absolute atomic E-state index is 0.546. The number of hydrogen-bond acceptors (Lipinski definition) is 7. The first-order valence-electron chi connectivity index (χ1n) is 12.0. The summed E-state index contributed by atoms with van der Waals surface area (Å²) in [6, 6.07) is 26.7. The summed E-state index contributed by atoms with van der Waals surface area (Å²) in [4.78, 5) is 13.7. The van der Waals surface area contributed by atoms with E-state index in [0.717, 1.165) is 43.4 Å². The van der Waals surface area contributed by atoms with Crippen molar-refractivity contribution in [2.75, 3.05) is 52.1 Å². The highest BCUT2D eigenvalue weighted by Gasteiger charge is 2.23. The van der Waals surface area contributed by atoms with Crippen LogP contribution in [0.4, 0.5) is 34.4 Å². The lowest BCUT2D eigenvalue weighted by Gasteiger charge is -2.38. The number of aryl methyl sites for hydroxylation is 1. The molecule has 35 heavy (non-hydrogen) atoms. The van der Waals surface area contributed by atoms with Crippen LogP contribution < -0.4 is 26.0 Å². The van der Waals surface area contributed by atoms with Crippen LogP contribution in [0.25, 0.3) is 0 Å². The van der Waals surface area contributed by atoms with E-state index in [-0.39, 0.29) is 0 Å². The zero-order chi connectivity index (χ0) is 24.2. The summed E-state index contributed by atoms with van der Waals surface area (Å²) < 4.78 is 0. The first-order valence-corrected chi connectivity index (χ1v) is 12.0. The molecule has 5 rings (SSSR count). The van der Waals surface area contributed by atoms with Crippen LogP contribution in [0.1, 0.15) is 11.1 Å². The lowest BCUT2D eigenvalue weighted by molar-refractivity contribution is 0.646. The number of nitrogens with zero attached hydrogens (tertiary/aromatic N) is 5. The van der Waals surface area contributed by atoms with Crippen LogP contribution in [0, 0.1) is 13.8 Å². The molecule has 0 radical (unpaired) electrons. The van der Waals surface area contributed by atoms with Crippen molar-refractivity contribution in [2.45, 2.75) is 13.8 Å². The van der Waals surface area contributed by atoms with Gasteiger partial charge < -0.3 is 15.5 Å². The zero-order valence-corrected chi connectivity index (χ0v) is 20.2. The Hall–Kier alpha value is -4.26. The number of benzene rings is 3. The van der Waals surface area contributed by atoms with E-state index in [1.54, 1.807) is 6.33 Å². The summed E-state index contributed by atoms with van der Waals surface area (Å²) in [5, 5.41) is 1.99. The maximum Gasteiger partial charge on any atom is 0.173 e. The summed E-state index contributed by atoms with van der Waals surface area (Å²) in [6.07, 6.45) is 1.58. The predicted octanol–water partition coefficient (Wildman–Crippen LogP) is 5.17. The van der Waals surface area contributed by atoms with Crippen molar-refractivity contribution in [1.29, 1.82) is 0 Å². The molecule has 1 aliphatic heterocycles. The SMILES string of the molecule is Cc1cccc(N2CCN(c3ncnc(NN(c4ccccc4)c4ccccc4)c3N)CC2)c1C. The summed E-state index contributed by atoms with van der Waals surface area (Å²) in [6.45, 7) is 7.87. The highest BCUT2D eigenvalue weighted by atomic mass is 15.5. The van der Waals surface area contributed by atoms with Crippen LogP contribution in [-0.4, -0.2) is 36.1 Å². The molecular weight excluding hydrogens is 434 g/mol. The number of nitrogen functional groups attached to an aromatic ring is 1. The summed E-state index contributed by atoms with van der Waals surface area (Å²) in [5.74, 6) is 1.35. The molecule has 0 amide bonds. The number of hydrazine groups is 1. The number of hydrogen-bond donors (Lipinski definition) is 2. The molecule has 3 aromatic carbocycles. The van der Waals surface area contributed by atoms with E-state index >= 15 is 0 Å². The molecule has 4 aromatic rings. The minimum atomic E-state index is 0.546. The van der Waals surface area contributed by atoms with Gasteiger partial charge in [-0.05, 0) is 55.3 Å². The van der Waals surface area contributed by atoms with Gasteiger partial charge in [-0.2, -0.15) is 0 Å². The van der Waals surface area contributed by atoms with E-state index in [1.807, 2.05) is 65.7 Å². The van der Waals surface area contributed by atoms with Crippen LogP contribution in [0.2, 0.25) is 0 Å². The molecule has 7 heteroatoms. The number of aromatic nitrogens is 2. The third-order valence-corrected chi connectivity index (χ3v) is 6.61. The Morgan fingerprint density at radius 3 is 1.97 bits per heavy atom. The highest BCUT2D eigenvalue weighted by Crippen LogP contribution is 2.32. The van der Waals surface area contributed by atoms with E-state index in [0.29, 0.717) is 11.5 Å². The molecule has 0 spiro atoms. The Morgan fingerprint density at radius 1 is 0.743 bits per heavy atom. The highest BCUT2D eigenvalue weighted by molar-refractivity contribution is 5.78. The van der Waals surface area contributed by atoms with E-state index in [9.17, 15) is 0 Å². The first-order chi connectivity index (χ1) is 17.1. The van der Waals surface area contributed by atoms with Gasteiger partial charge in [-0.15, -0.1) is 0 Å². The first kappa shape index (κ1) is 22.5. The third kappa shape index (κ3) is 4.71. The quantitative estimate of drug-likeness (QED) is 0.381. The fraction of sp³-hybridized carbons (Fsp3) is 0.214. The number of para-hydroxylation sites is 2. The molecule has 1 aromatic heterocycles. The van der Waals surface area contributed by atoms with Crippen LogP contribution in [0.5, 0.6) is 0 Å². The van der Waals surface area contributed by atoms with Crippen molar-refractivity contribution >= 4 is 34.4 Å². The van der Waals surface area contributed by atoms with Gasteiger partial charge in [-0.3, -0.25) is 10.4 Å². The summed E-state index contributed by atoms with van der Waals surface area (Å²) in [7, 11) is 0. The van der Waals surface area contributed by atoms with Crippen molar-refractivity contribution in [3.63, 3.8) is 0 Å². The van der Waals surface area contributed by atoms with Gasteiger partial charge in [-0.1, -0.05) is 48.5 Å². The number of nitrogens with two attached hydrogens (primary N) is 1. The van der Waals surface area contributed by atoms with E-state index < -0.39 is 0 Å². The average Bonchev–Trinajstić information content (AvgIpc) is 2.91. The average molecular weight is 466 g/mol. The monoisotopic (exact) mass is 465 g/mol. The maximum absolute atomic E-state index is 6.64. The summed E-state index contributed by atoms with van der Waals surface area (Å²) in [5.41, 5.74) is 16.6. The lowest BCUT2D eigenvalue weighted by Crippen LogP contribution is -2.47. The van der Waals surface area contributed by atoms with Gasteiger partial charge in [0.05, 0.1) is 11.4 Å². The van der Waals surface area contributed by atoms with Crippen LogP contribution in [-0.2, 0) is 0 Å².